The molecule has 2 aliphatic rings. The van der Waals surface area contributed by atoms with Gasteiger partial charge in [-0.1, -0.05) is 32.0 Å². The quantitative estimate of drug-likeness (QED) is 0.0821. The summed E-state index contributed by atoms with van der Waals surface area (Å²) in [6, 6.07) is 10.4. The number of carbonyl (C=O) groups is 2. The van der Waals surface area contributed by atoms with Gasteiger partial charge in [-0.05, 0) is 36.8 Å². The number of hydrogen-bond acceptors (Lipinski definition) is 15. The number of imidazole rings is 2. The standard InChI is InChI=1S/C35H41N12O8PS/c1-20(2)32(48)43-35-42-31-28(34(50)44-35)40-19-46(31)25-11-10-22(54-25)15-53-56(57,52-13-7-12-36)45-23-14-26(55-24(23)16-51-3)47-18-39-27-29(37-17-38-30(27)47)41-33(49)21-8-5-4-6-9-21/h4-6,8-9,17-20,22-26H,7,10-11,13-16H2,1-3H3,(H,45,57)(H,37,38,41,49)(H2,42,43,44,48,50)/t22-,23-,24+,25+,26+,56?/m0/s1. The zero-order valence-corrected chi connectivity index (χ0v) is 32.9. The van der Waals surface area contributed by atoms with E-state index in [0.29, 0.717) is 36.0 Å². The Labute approximate surface area is 330 Å². The van der Waals surface area contributed by atoms with Gasteiger partial charge in [0.1, 0.15) is 18.8 Å². The average molecular weight is 821 g/mol. The molecule has 6 heterocycles. The molecular weight excluding hydrogens is 780 g/mol. The van der Waals surface area contributed by atoms with E-state index < -0.39 is 42.9 Å². The molecule has 0 bridgehead atoms. The van der Waals surface area contributed by atoms with Crippen molar-refractivity contribution in [2.45, 2.75) is 70.2 Å². The lowest BCUT2D eigenvalue weighted by molar-refractivity contribution is -0.118. The lowest BCUT2D eigenvalue weighted by Gasteiger charge is -2.29. The summed E-state index contributed by atoms with van der Waals surface area (Å²) in [6.45, 7) is 0.519. The average Bonchev–Trinajstić information content (AvgIpc) is 4.01. The lowest BCUT2D eigenvalue weighted by atomic mass is 10.1. The van der Waals surface area contributed by atoms with E-state index in [4.69, 9.17) is 35.1 Å². The molecule has 2 saturated heterocycles. The van der Waals surface area contributed by atoms with Gasteiger partial charge in [-0.15, -0.1) is 0 Å². The highest BCUT2D eigenvalue weighted by Gasteiger charge is 2.41. The van der Waals surface area contributed by atoms with E-state index in [1.54, 1.807) is 60.7 Å². The highest BCUT2D eigenvalue weighted by Crippen LogP contribution is 2.48. The van der Waals surface area contributed by atoms with Crippen LogP contribution in [0.2, 0.25) is 0 Å². The van der Waals surface area contributed by atoms with E-state index >= 15 is 0 Å². The number of nitriles is 1. The molecule has 6 atom stereocenters. The van der Waals surface area contributed by atoms with Gasteiger partial charge in [0.15, 0.2) is 28.1 Å². The van der Waals surface area contributed by atoms with E-state index in [9.17, 15) is 19.6 Å². The molecule has 7 rings (SSSR count). The van der Waals surface area contributed by atoms with Gasteiger partial charge in [0, 0.05) is 31.1 Å². The van der Waals surface area contributed by atoms with Gasteiger partial charge in [0.05, 0.1) is 57.2 Å². The van der Waals surface area contributed by atoms with Crippen LogP contribution in [0.4, 0.5) is 11.8 Å². The summed E-state index contributed by atoms with van der Waals surface area (Å²) in [6.07, 6.45) is 4.05. The molecule has 20 nitrogen and oxygen atoms in total. The van der Waals surface area contributed by atoms with Gasteiger partial charge >= 0.3 is 0 Å². The third kappa shape index (κ3) is 9.08. The van der Waals surface area contributed by atoms with Gasteiger partial charge in [-0.25, -0.2) is 25.0 Å². The summed E-state index contributed by atoms with van der Waals surface area (Å²) >= 11 is 6.01. The Balaban J connectivity index is 1.04. The smallest absolute Gasteiger partial charge is 0.280 e. The second-order valence-corrected chi connectivity index (χ2v) is 16.8. The number of nitrogens with one attached hydrogen (secondary N) is 4. The van der Waals surface area contributed by atoms with Crippen molar-refractivity contribution in [3.05, 3.63) is 65.2 Å². The Hall–Kier alpha value is -5.04. The summed E-state index contributed by atoms with van der Waals surface area (Å²) in [5.74, 6) is -0.672. The number of rotatable bonds is 16. The molecule has 2 aliphatic heterocycles. The first-order chi connectivity index (χ1) is 27.6. The second-order valence-electron chi connectivity index (χ2n) is 13.6. The van der Waals surface area contributed by atoms with Gasteiger partial charge in [-0.3, -0.25) is 33.8 Å². The number of ether oxygens (including phenoxy) is 3. The summed E-state index contributed by atoms with van der Waals surface area (Å²) < 4.78 is 34.1. The number of H-pyrrole nitrogens is 1. The number of aromatic amines is 1. The van der Waals surface area contributed by atoms with E-state index in [1.807, 2.05) is 6.07 Å². The zero-order chi connectivity index (χ0) is 40.1. The maximum absolute atomic E-state index is 12.9. The molecule has 2 amide bonds. The Bertz CT molecular complexity index is 2380. The number of benzene rings is 1. The summed E-state index contributed by atoms with van der Waals surface area (Å²) in [7, 11) is 1.57. The minimum Gasteiger partial charge on any atom is -0.382 e. The molecule has 22 heteroatoms. The SMILES string of the molecule is COC[C@H]1O[C@@H](n2cnc3c(NC(=O)c4ccccc4)ncnc32)C[C@@H]1NP(=S)(OCCC#N)OC[C@@H]1CC[C@H](n2cnc3c(=O)[nH]c(NC(=O)C(C)C)nc32)O1. The number of aromatic nitrogens is 8. The van der Waals surface area contributed by atoms with Gasteiger partial charge < -0.3 is 28.6 Å². The normalized spacial score (nSPS) is 21.8. The molecule has 57 heavy (non-hydrogen) atoms. The van der Waals surface area contributed by atoms with Crippen molar-refractivity contribution < 1.29 is 32.8 Å². The first-order valence-electron chi connectivity index (χ1n) is 18.2. The van der Waals surface area contributed by atoms with E-state index in [1.165, 1.54) is 12.7 Å². The maximum Gasteiger partial charge on any atom is 0.280 e. The van der Waals surface area contributed by atoms with Crippen molar-refractivity contribution in [1.82, 2.24) is 44.1 Å². The van der Waals surface area contributed by atoms with E-state index in [2.05, 4.69) is 51.7 Å². The monoisotopic (exact) mass is 820 g/mol. The first kappa shape index (κ1) is 40.2. The van der Waals surface area contributed by atoms with Gasteiger partial charge in [0.25, 0.3) is 18.1 Å². The van der Waals surface area contributed by atoms with Gasteiger partial charge in [0.2, 0.25) is 11.9 Å². The zero-order valence-electron chi connectivity index (χ0n) is 31.2. The van der Waals surface area contributed by atoms with Crippen LogP contribution in [0.25, 0.3) is 22.3 Å². The molecule has 5 aromatic rings. The van der Waals surface area contributed by atoms with Crippen LogP contribution in [-0.4, -0.2) is 96.0 Å². The number of hydrogen-bond donors (Lipinski definition) is 4. The third-order valence-corrected chi connectivity index (χ3v) is 11.9. The Morgan fingerprint density at radius 3 is 2.54 bits per heavy atom. The molecule has 0 spiro atoms. The lowest BCUT2D eigenvalue weighted by Crippen LogP contribution is -2.38. The van der Waals surface area contributed by atoms with Crippen molar-refractivity contribution in [2.24, 2.45) is 5.92 Å². The van der Waals surface area contributed by atoms with Crippen LogP contribution in [-0.2, 0) is 39.9 Å². The molecule has 4 N–H and O–H groups in total. The second kappa shape index (κ2) is 17.6. The van der Waals surface area contributed by atoms with Crippen LogP contribution in [0.15, 0.2) is 54.1 Å². The fourth-order valence-electron chi connectivity index (χ4n) is 6.46. The minimum atomic E-state index is -3.27. The van der Waals surface area contributed by atoms with Crippen LogP contribution in [0.1, 0.15) is 62.3 Å². The predicted molar refractivity (Wildman–Crippen MR) is 208 cm³/mol. The van der Waals surface area contributed by atoms with Crippen LogP contribution in [0.5, 0.6) is 0 Å². The van der Waals surface area contributed by atoms with Crippen LogP contribution in [0.3, 0.4) is 0 Å². The molecular formula is C35H41N12O8PS. The van der Waals surface area contributed by atoms with Crippen molar-refractivity contribution in [1.29, 1.82) is 5.26 Å². The number of fused-ring (bicyclic) bond motifs is 2. The highest BCUT2D eigenvalue weighted by atomic mass is 32.5. The van der Waals surface area contributed by atoms with Crippen molar-refractivity contribution in [3.8, 4) is 6.07 Å². The van der Waals surface area contributed by atoms with Crippen LogP contribution in [0, 0.1) is 17.2 Å². The molecule has 1 aromatic carbocycles. The topological polar surface area (TPSA) is 247 Å². The maximum atomic E-state index is 12.9. The van der Waals surface area contributed by atoms with Crippen LogP contribution < -0.4 is 21.3 Å². The number of methoxy groups -OCH3 is 1. The van der Waals surface area contributed by atoms with Crippen molar-refractivity contribution in [2.75, 3.05) is 37.6 Å². The van der Waals surface area contributed by atoms with E-state index in [0.717, 1.165) is 0 Å². The number of amides is 2. The number of carbonyl (C=O) groups excluding carboxylic acids is 2. The molecule has 0 saturated carbocycles. The molecule has 4 aromatic heterocycles. The molecule has 2 fully saturated rings. The van der Waals surface area contributed by atoms with Crippen molar-refractivity contribution >= 4 is 64.4 Å². The van der Waals surface area contributed by atoms with Crippen molar-refractivity contribution in [3.63, 3.8) is 0 Å². The predicted octanol–water partition coefficient (Wildman–Crippen LogP) is 3.55. The van der Waals surface area contributed by atoms with E-state index in [-0.39, 0.29) is 66.9 Å². The summed E-state index contributed by atoms with van der Waals surface area (Å²) in [5, 5.41) is 18.1. The molecule has 0 aliphatic carbocycles. The highest BCUT2D eigenvalue weighted by molar-refractivity contribution is 8.09. The largest absolute Gasteiger partial charge is 0.382 e. The molecule has 1 unspecified atom stereocenters. The Morgan fingerprint density at radius 2 is 1.79 bits per heavy atom. The molecule has 0 radical (unpaired) electrons. The Morgan fingerprint density at radius 1 is 1.02 bits per heavy atom. The van der Waals surface area contributed by atoms with Gasteiger partial charge in [-0.2, -0.15) is 10.2 Å². The fourth-order valence-corrected chi connectivity index (χ4v) is 8.87. The minimum absolute atomic E-state index is 0.0172. The summed E-state index contributed by atoms with van der Waals surface area (Å²) in [5.41, 5.74) is 1.19. The van der Waals surface area contributed by atoms with Crippen LogP contribution >= 0.6 is 6.64 Å². The molecule has 300 valence electrons. The third-order valence-electron chi connectivity index (χ3n) is 9.33. The fraction of sp³-hybridized carbons (Fsp3) is 0.457. The first-order valence-corrected chi connectivity index (χ1v) is 20.8. The summed E-state index contributed by atoms with van der Waals surface area (Å²) in [4.78, 5) is 62.3. The number of nitrogens with zero attached hydrogens (tertiary/aromatic N) is 8. The number of anilines is 2. The Kier molecular flexibility index (Phi) is 12.4.